The molecule has 8 nitrogen and oxygen atoms in total. The van der Waals surface area contributed by atoms with Gasteiger partial charge in [0.05, 0.1) is 23.8 Å². The first-order chi connectivity index (χ1) is 12.2. The number of ether oxygens (including phenoxy) is 2. The third-order valence-electron chi connectivity index (χ3n) is 3.89. The van der Waals surface area contributed by atoms with Crippen LogP contribution in [0.1, 0.15) is 24.1 Å². The van der Waals surface area contributed by atoms with E-state index in [0.717, 1.165) is 5.56 Å². The Balaban J connectivity index is 2.00. The van der Waals surface area contributed by atoms with Gasteiger partial charge in [0, 0.05) is 12.8 Å². The summed E-state index contributed by atoms with van der Waals surface area (Å²) in [5.74, 6) is 0.0952. The first-order valence-electron chi connectivity index (χ1n) is 7.69. The van der Waals surface area contributed by atoms with Gasteiger partial charge in [-0.2, -0.15) is 15.3 Å². The first kappa shape index (κ1) is 16.7. The summed E-state index contributed by atoms with van der Waals surface area (Å²) in [7, 11) is 1.54. The smallest absolute Gasteiger partial charge is 0.338 e. The number of hydrogen-bond donors (Lipinski definition) is 1. The molecule has 1 N–H and O–H groups in total. The molecule has 1 aromatic carbocycles. The zero-order chi connectivity index (χ0) is 17.8. The topological polar surface area (TPSA) is 102 Å². The van der Waals surface area contributed by atoms with Crippen molar-refractivity contribution in [1.82, 2.24) is 14.8 Å². The molecule has 1 unspecified atom stereocenters. The zero-order valence-electron chi connectivity index (χ0n) is 13.9. The van der Waals surface area contributed by atoms with Crippen molar-refractivity contribution in [3.63, 3.8) is 0 Å². The van der Waals surface area contributed by atoms with E-state index < -0.39 is 12.0 Å². The number of carbonyl (C=O) groups is 1. The van der Waals surface area contributed by atoms with Crippen LogP contribution in [0.2, 0.25) is 0 Å². The van der Waals surface area contributed by atoms with Crippen molar-refractivity contribution < 1.29 is 14.3 Å². The molecule has 25 heavy (non-hydrogen) atoms. The molecule has 0 amide bonds. The van der Waals surface area contributed by atoms with Gasteiger partial charge in [-0.3, -0.25) is 0 Å². The van der Waals surface area contributed by atoms with E-state index in [1.807, 2.05) is 0 Å². The van der Waals surface area contributed by atoms with Crippen LogP contribution < -0.4 is 5.32 Å². The van der Waals surface area contributed by atoms with Crippen LogP contribution in [0, 0.1) is 11.3 Å². The van der Waals surface area contributed by atoms with E-state index in [1.54, 1.807) is 43.0 Å². The second kappa shape index (κ2) is 7.15. The summed E-state index contributed by atoms with van der Waals surface area (Å²) >= 11 is 0. The minimum absolute atomic E-state index is 0.163. The fourth-order valence-corrected chi connectivity index (χ4v) is 2.70. The third kappa shape index (κ3) is 3.22. The number of nitrogens with zero attached hydrogens (tertiary/aromatic N) is 4. The van der Waals surface area contributed by atoms with E-state index in [2.05, 4.69) is 21.5 Å². The van der Waals surface area contributed by atoms with Crippen molar-refractivity contribution in [3.05, 3.63) is 53.0 Å². The SMILES string of the molecule is COCCOC(=O)C1=C(C)Nc2ncnn2C1c1ccc(C#N)cc1. The monoisotopic (exact) mass is 339 g/mol. The van der Waals surface area contributed by atoms with E-state index >= 15 is 0 Å². The van der Waals surface area contributed by atoms with Gasteiger partial charge in [0.15, 0.2) is 0 Å². The highest BCUT2D eigenvalue weighted by atomic mass is 16.6. The van der Waals surface area contributed by atoms with Crippen LogP contribution in [0.3, 0.4) is 0 Å². The fourth-order valence-electron chi connectivity index (χ4n) is 2.70. The maximum atomic E-state index is 12.6. The van der Waals surface area contributed by atoms with Gasteiger partial charge in [0.25, 0.3) is 0 Å². The molecule has 2 aromatic rings. The van der Waals surface area contributed by atoms with Gasteiger partial charge in [0.2, 0.25) is 5.95 Å². The van der Waals surface area contributed by atoms with Crippen LogP contribution in [-0.2, 0) is 14.3 Å². The van der Waals surface area contributed by atoms with Crippen molar-refractivity contribution in [2.45, 2.75) is 13.0 Å². The van der Waals surface area contributed by atoms with E-state index in [9.17, 15) is 4.79 Å². The Labute approximate surface area is 144 Å². The van der Waals surface area contributed by atoms with Gasteiger partial charge in [-0.25, -0.2) is 9.48 Å². The Morgan fingerprint density at radius 3 is 2.80 bits per heavy atom. The Kier molecular flexibility index (Phi) is 4.77. The van der Waals surface area contributed by atoms with Crippen LogP contribution in [0.15, 0.2) is 41.9 Å². The largest absolute Gasteiger partial charge is 0.460 e. The van der Waals surface area contributed by atoms with Crippen molar-refractivity contribution >= 4 is 11.9 Å². The molecule has 0 radical (unpaired) electrons. The van der Waals surface area contributed by atoms with Crippen LogP contribution in [0.25, 0.3) is 0 Å². The van der Waals surface area contributed by atoms with Crippen LogP contribution in [0.4, 0.5) is 5.95 Å². The molecule has 0 aliphatic carbocycles. The lowest BCUT2D eigenvalue weighted by Crippen LogP contribution is -2.30. The fraction of sp³-hybridized carbons (Fsp3) is 0.294. The van der Waals surface area contributed by atoms with E-state index in [0.29, 0.717) is 29.4 Å². The number of hydrogen-bond acceptors (Lipinski definition) is 7. The lowest BCUT2D eigenvalue weighted by Gasteiger charge is -2.28. The summed E-state index contributed by atoms with van der Waals surface area (Å²) in [6.45, 7) is 2.28. The minimum atomic E-state index is -0.485. The number of nitrogens with one attached hydrogen (secondary N) is 1. The van der Waals surface area contributed by atoms with E-state index in [4.69, 9.17) is 14.7 Å². The normalized spacial score (nSPS) is 16.0. The van der Waals surface area contributed by atoms with Crippen LogP contribution in [0.5, 0.6) is 0 Å². The highest BCUT2D eigenvalue weighted by Crippen LogP contribution is 2.35. The number of methoxy groups -OCH3 is 1. The van der Waals surface area contributed by atoms with Crippen molar-refractivity contribution in [2.75, 3.05) is 25.6 Å². The summed E-state index contributed by atoms with van der Waals surface area (Å²) in [6, 6.07) is 8.61. The quantitative estimate of drug-likeness (QED) is 0.652. The number of carbonyl (C=O) groups excluding carboxylic acids is 1. The number of esters is 1. The molecular formula is C17H17N5O3. The van der Waals surface area contributed by atoms with Crippen molar-refractivity contribution in [3.8, 4) is 6.07 Å². The second-order valence-corrected chi connectivity index (χ2v) is 5.46. The molecule has 1 atom stereocenters. The van der Waals surface area contributed by atoms with Crippen LogP contribution >= 0.6 is 0 Å². The molecule has 1 aromatic heterocycles. The highest BCUT2D eigenvalue weighted by Gasteiger charge is 2.34. The molecule has 0 saturated carbocycles. The number of fused-ring (bicyclic) bond motifs is 1. The standard InChI is InChI=1S/C17H17N5O3/c1-11-14(16(23)25-8-7-24-2)15(22-17(21-11)19-10-20-22)13-5-3-12(9-18)4-6-13/h3-6,10,15H,7-8H2,1-2H3,(H,19,20,21). The highest BCUT2D eigenvalue weighted by molar-refractivity contribution is 5.92. The molecule has 0 fully saturated rings. The molecule has 8 heteroatoms. The Bertz CT molecular complexity index is 848. The average Bonchev–Trinajstić information content (AvgIpc) is 3.08. The van der Waals surface area contributed by atoms with Gasteiger partial charge < -0.3 is 14.8 Å². The van der Waals surface area contributed by atoms with Gasteiger partial charge >= 0.3 is 5.97 Å². The van der Waals surface area contributed by atoms with Crippen molar-refractivity contribution in [2.24, 2.45) is 0 Å². The third-order valence-corrected chi connectivity index (χ3v) is 3.89. The molecule has 1 aliphatic heterocycles. The van der Waals surface area contributed by atoms with E-state index in [-0.39, 0.29) is 6.61 Å². The second-order valence-electron chi connectivity index (χ2n) is 5.46. The number of aromatic nitrogens is 3. The summed E-state index contributed by atoms with van der Waals surface area (Å²) in [5.41, 5.74) is 2.45. The maximum absolute atomic E-state index is 12.6. The summed E-state index contributed by atoms with van der Waals surface area (Å²) in [5, 5.41) is 16.3. The average molecular weight is 339 g/mol. The molecule has 3 rings (SSSR count). The minimum Gasteiger partial charge on any atom is -0.460 e. The molecule has 128 valence electrons. The number of nitriles is 1. The summed E-state index contributed by atoms with van der Waals surface area (Å²) in [6.07, 6.45) is 1.42. The van der Waals surface area contributed by atoms with Gasteiger partial charge in [-0.1, -0.05) is 12.1 Å². The predicted molar refractivity (Wildman–Crippen MR) is 88.5 cm³/mol. The van der Waals surface area contributed by atoms with Crippen LogP contribution in [-0.4, -0.2) is 41.1 Å². The number of rotatable bonds is 5. The first-order valence-corrected chi connectivity index (χ1v) is 7.69. The molecule has 0 saturated heterocycles. The van der Waals surface area contributed by atoms with Gasteiger partial charge in [-0.05, 0) is 24.6 Å². The summed E-state index contributed by atoms with van der Waals surface area (Å²) in [4.78, 5) is 16.8. The van der Waals surface area contributed by atoms with E-state index in [1.165, 1.54) is 6.33 Å². The maximum Gasteiger partial charge on any atom is 0.338 e. The lowest BCUT2D eigenvalue weighted by molar-refractivity contribution is -0.140. The molecular weight excluding hydrogens is 322 g/mol. The summed E-state index contributed by atoms with van der Waals surface area (Å²) < 4.78 is 11.9. The molecule has 2 heterocycles. The predicted octanol–water partition coefficient (Wildman–Crippen LogP) is 1.63. The number of benzene rings is 1. The van der Waals surface area contributed by atoms with Gasteiger partial charge in [-0.15, -0.1) is 0 Å². The van der Waals surface area contributed by atoms with Gasteiger partial charge in [0.1, 0.15) is 19.0 Å². The number of allylic oxidation sites excluding steroid dienone is 1. The Morgan fingerprint density at radius 1 is 1.36 bits per heavy atom. The van der Waals surface area contributed by atoms with Crippen molar-refractivity contribution in [1.29, 1.82) is 5.26 Å². The lowest BCUT2D eigenvalue weighted by atomic mass is 9.95. The zero-order valence-corrected chi connectivity index (χ0v) is 13.9. The molecule has 0 spiro atoms. The molecule has 0 bridgehead atoms. The Hall–Kier alpha value is -3.18. The number of anilines is 1. The molecule has 1 aliphatic rings. The Morgan fingerprint density at radius 2 is 2.12 bits per heavy atom.